The zero-order chi connectivity index (χ0) is 24.4. The van der Waals surface area contributed by atoms with Crippen LogP contribution >= 0.6 is 0 Å². The van der Waals surface area contributed by atoms with Gasteiger partial charge in [0.1, 0.15) is 0 Å². The maximum Gasteiger partial charge on any atom is 0.212 e. The molecule has 6 heteroatoms. The van der Waals surface area contributed by atoms with Crippen LogP contribution in [0.25, 0.3) is 22.0 Å². The fraction of sp³-hybridized carbons (Fsp3) is 0.103. The molecule has 5 aromatic rings. The van der Waals surface area contributed by atoms with Crippen LogP contribution in [0.15, 0.2) is 96.1 Å². The molecular weight excluding hydrogens is 439 g/mol. The molecule has 0 fully saturated rings. The predicted molar refractivity (Wildman–Crippen MR) is 139 cm³/mol. The van der Waals surface area contributed by atoms with Crippen molar-refractivity contribution in [2.24, 2.45) is 4.99 Å². The topological polar surface area (TPSA) is 64.5 Å². The summed E-state index contributed by atoms with van der Waals surface area (Å²) in [6.07, 6.45) is 1.50. The van der Waals surface area contributed by atoms with Crippen molar-refractivity contribution in [3.8, 4) is 17.0 Å². The van der Waals surface area contributed by atoms with Crippen LogP contribution in [0.5, 0.6) is 5.88 Å². The van der Waals surface area contributed by atoms with Crippen LogP contribution in [0.4, 0.5) is 10.1 Å². The third-order valence-corrected chi connectivity index (χ3v) is 5.80. The summed E-state index contributed by atoms with van der Waals surface area (Å²) >= 11 is 0. The number of aromatic amines is 1. The van der Waals surface area contributed by atoms with Crippen LogP contribution in [-0.4, -0.2) is 39.8 Å². The zero-order valence-electron chi connectivity index (χ0n) is 19.5. The Morgan fingerprint density at radius 2 is 1.69 bits per heavy atom. The summed E-state index contributed by atoms with van der Waals surface area (Å²) < 4.78 is 13.3. The molecule has 2 heterocycles. The fourth-order valence-electron chi connectivity index (χ4n) is 4.18. The van der Waals surface area contributed by atoms with Crippen LogP contribution < -0.4 is 0 Å². The highest BCUT2D eigenvalue weighted by Crippen LogP contribution is 2.34. The molecule has 5 rings (SSSR count). The molecule has 0 unspecified atom stereocenters. The van der Waals surface area contributed by atoms with Gasteiger partial charge >= 0.3 is 0 Å². The lowest BCUT2D eigenvalue weighted by molar-refractivity contribution is 0.402. The van der Waals surface area contributed by atoms with E-state index in [9.17, 15) is 9.50 Å². The smallest absolute Gasteiger partial charge is 0.212 e. The van der Waals surface area contributed by atoms with Gasteiger partial charge in [0, 0.05) is 34.8 Å². The van der Waals surface area contributed by atoms with Gasteiger partial charge in [0.2, 0.25) is 5.95 Å². The number of aromatic nitrogens is 2. The standard InChI is InChI=1S/C29H25FN4O/c1-34(2)18-19-8-12-23(13-9-19)32-28(20-6-4-3-5-7-20)27-24-14-10-21(16-25(24)33-29(27)35)22-11-15-26(30)31-17-22/h3-17,33,35H,18H2,1-2H3. The van der Waals surface area contributed by atoms with E-state index in [-0.39, 0.29) is 5.88 Å². The normalized spacial score (nSPS) is 11.9. The molecule has 0 saturated carbocycles. The summed E-state index contributed by atoms with van der Waals surface area (Å²) in [6, 6.07) is 26.8. The molecule has 5 nitrogen and oxygen atoms in total. The van der Waals surface area contributed by atoms with Gasteiger partial charge < -0.3 is 15.0 Å². The van der Waals surface area contributed by atoms with Crippen LogP contribution in [-0.2, 0) is 6.54 Å². The number of hydrogen-bond donors (Lipinski definition) is 2. The monoisotopic (exact) mass is 464 g/mol. The van der Waals surface area contributed by atoms with E-state index < -0.39 is 5.95 Å². The second-order valence-corrected chi connectivity index (χ2v) is 8.71. The molecule has 2 aromatic heterocycles. The summed E-state index contributed by atoms with van der Waals surface area (Å²) in [5.41, 5.74) is 6.61. The molecule has 2 N–H and O–H groups in total. The van der Waals surface area contributed by atoms with E-state index in [4.69, 9.17) is 4.99 Å². The Balaban J connectivity index is 1.61. The number of nitrogens with one attached hydrogen (secondary N) is 1. The second-order valence-electron chi connectivity index (χ2n) is 8.71. The largest absolute Gasteiger partial charge is 0.494 e. The summed E-state index contributed by atoms with van der Waals surface area (Å²) in [6.45, 7) is 0.852. The van der Waals surface area contributed by atoms with E-state index >= 15 is 0 Å². The van der Waals surface area contributed by atoms with Crippen molar-refractivity contribution in [1.29, 1.82) is 0 Å². The van der Waals surface area contributed by atoms with Crippen molar-refractivity contribution in [2.75, 3.05) is 14.1 Å². The van der Waals surface area contributed by atoms with Crippen molar-refractivity contribution < 1.29 is 9.50 Å². The number of nitrogens with zero attached hydrogens (tertiary/aromatic N) is 3. The second kappa shape index (κ2) is 9.52. The summed E-state index contributed by atoms with van der Waals surface area (Å²) in [5, 5.41) is 11.8. The first-order valence-corrected chi connectivity index (χ1v) is 11.3. The first kappa shape index (κ1) is 22.5. The molecule has 3 aromatic carbocycles. The lowest BCUT2D eigenvalue weighted by Crippen LogP contribution is -2.10. The van der Waals surface area contributed by atoms with Gasteiger partial charge in [-0.2, -0.15) is 4.39 Å². The van der Waals surface area contributed by atoms with Crippen LogP contribution in [0.1, 0.15) is 16.7 Å². The highest BCUT2D eigenvalue weighted by Gasteiger charge is 2.19. The van der Waals surface area contributed by atoms with E-state index in [2.05, 4.69) is 27.0 Å². The Kier molecular flexibility index (Phi) is 6.12. The third-order valence-electron chi connectivity index (χ3n) is 5.80. The molecule has 0 aliphatic carbocycles. The molecule has 0 bridgehead atoms. The molecule has 174 valence electrons. The molecule has 0 aliphatic heterocycles. The van der Waals surface area contributed by atoms with Crippen molar-refractivity contribution in [2.45, 2.75) is 6.54 Å². The Bertz CT molecular complexity index is 1490. The SMILES string of the molecule is CN(C)Cc1ccc(N=C(c2ccccc2)c2c(O)[nH]c3cc(-c4ccc(F)nc4)ccc23)cc1. The molecule has 0 atom stereocenters. The minimum absolute atomic E-state index is 0.0428. The number of hydrogen-bond acceptors (Lipinski definition) is 4. The third kappa shape index (κ3) is 4.83. The van der Waals surface area contributed by atoms with Crippen LogP contribution in [0, 0.1) is 5.95 Å². The number of H-pyrrole nitrogens is 1. The van der Waals surface area contributed by atoms with Crippen LogP contribution in [0.2, 0.25) is 0 Å². The quantitative estimate of drug-likeness (QED) is 0.229. The number of benzene rings is 3. The van der Waals surface area contributed by atoms with Gasteiger partial charge in [0.15, 0.2) is 5.88 Å². The zero-order valence-corrected chi connectivity index (χ0v) is 19.5. The minimum Gasteiger partial charge on any atom is -0.494 e. The number of halogens is 1. The highest BCUT2D eigenvalue weighted by molar-refractivity contribution is 6.22. The van der Waals surface area contributed by atoms with Crippen molar-refractivity contribution in [3.05, 3.63) is 114 Å². The molecule has 35 heavy (non-hydrogen) atoms. The average molecular weight is 465 g/mol. The van der Waals surface area contributed by atoms with E-state index in [0.717, 1.165) is 39.8 Å². The summed E-state index contributed by atoms with van der Waals surface area (Å²) in [7, 11) is 4.08. The first-order chi connectivity index (χ1) is 17.0. The van der Waals surface area contributed by atoms with E-state index in [1.807, 2.05) is 74.8 Å². The van der Waals surface area contributed by atoms with E-state index in [1.54, 1.807) is 6.07 Å². The van der Waals surface area contributed by atoms with E-state index in [0.29, 0.717) is 11.3 Å². The minimum atomic E-state index is -0.520. The lowest BCUT2D eigenvalue weighted by Gasteiger charge is -2.10. The van der Waals surface area contributed by atoms with Gasteiger partial charge in [-0.15, -0.1) is 0 Å². The van der Waals surface area contributed by atoms with Crippen molar-refractivity contribution in [1.82, 2.24) is 14.9 Å². The molecule has 0 aliphatic rings. The van der Waals surface area contributed by atoms with Gasteiger partial charge in [0.25, 0.3) is 0 Å². The lowest BCUT2D eigenvalue weighted by atomic mass is 9.99. The number of aromatic hydroxyl groups is 1. The Morgan fingerprint density at radius 3 is 2.37 bits per heavy atom. The summed E-state index contributed by atoms with van der Waals surface area (Å²) in [5.74, 6) is -0.477. The first-order valence-electron chi connectivity index (χ1n) is 11.3. The fourth-order valence-corrected chi connectivity index (χ4v) is 4.18. The Hall–Kier alpha value is -4.29. The van der Waals surface area contributed by atoms with E-state index in [1.165, 1.54) is 17.8 Å². The predicted octanol–water partition coefficient (Wildman–Crippen LogP) is 6.31. The van der Waals surface area contributed by atoms with Crippen molar-refractivity contribution >= 4 is 22.3 Å². The molecule has 0 amide bonds. The van der Waals surface area contributed by atoms with Gasteiger partial charge in [-0.1, -0.05) is 54.6 Å². The Labute approximate surface area is 203 Å². The number of aliphatic imine (C=N–C) groups is 1. The number of rotatable bonds is 6. The van der Waals surface area contributed by atoms with Gasteiger partial charge in [-0.3, -0.25) is 0 Å². The molecule has 0 radical (unpaired) electrons. The Morgan fingerprint density at radius 1 is 0.943 bits per heavy atom. The number of fused-ring (bicyclic) bond motifs is 1. The molecule has 0 spiro atoms. The molecule has 0 saturated heterocycles. The van der Waals surface area contributed by atoms with Crippen molar-refractivity contribution in [3.63, 3.8) is 0 Å². The number of pyridine rings is 1. The van der Waals surface area contributed by atoms with Crippen LogP contribution in [0.3, 0.4) is 0 Å². The highest BCUT2D eigenvalue weighted by atomic mass is 19.1. The summed E-state index contributed by atoms with van der Waals surface area (Å²) in [4.78, 5) is 13.9. The maximum atomic E-state index is 13.3. The van der Waals surface area contributed by atoms with Gasteiger partial charge in [-0.25, -0.2) is 9.98 Å². The maximum absolute atomic E-state index is 13.3. The van der Waals surface area contributed by atoms with Gasteiger partial charge in [0.05, 0.1) is 17.0 Å². The molecular formula is C29H25FN4O. The average Bonchev–Trinajstić information content (AvgIpc) is 3.19. The van der Waals surface area contributed by atoms with Gasteiger partial charge in [-0.05, 0) is 55.6 Å².